The van der Waals surface area contributed by atoms with E-state index in [1.807, 2.05) is 0 Å². The lowest BCUT2D eigenvalue weighted by molar-refractivity contribution is -0.0249. The van der Waals surface area contributed by atoms with Crippen molar-refractivity contribution in [2.75, 3.05) is 12.3 Å². The Morgan fingerprint density at radius 1 is 1.25 bits per heavy atom. The quantitative estimate of drug-likeness (QED) is 0.407. The van der Waals surface area contributed by atoms with E-state index in [0.717, 1.165) is 0 Å². The number of fused-ring (bicyclic) bond motifs is 1. The molecule has 0 radical (unpaired) electrons. The van der Waals surface area contributed by atoms with Gasteiger partial charge in [0, 0.05) is 0 Å². The summed E-state index contributed by atoms with van der Waals surface area (Å²) in [5.41, 5.74) is 5.73. The Hall–Kier alpha value is -1.88. The van der Waals surface area contributed by atoms with Gasteiger partial charge in [0.2, 0.25) is 0 Å². The summed E-state index contributed by atoms with van der Waals surface area (Å²) in [6.45, 7) is -0.453. The number of hydrogen-bond donors (Lipinski definition) is 5. The summed E-state index contributed by atoms with van der Waals surface area (Å²) >= 11 is 0. The van der Waals surface area contributed by atoms with E-state index in [0.29, 0.717) is 0 Å². The molecule has 2 aromatic rings. The molecule has 3 rings (SSSR count). The maximum absolute atomic E-state index is 13.0. The minimum Gasteiger partial charge on any atom is -0.394 e. The molecule has 1 aliphatic heterocycles. The zero-order chi connectivity index (χ0) is 14.4. The molecule has 0 spiro atoms. The summed E-state index contributed by atoms with van der Waals surface area (Å²) in [4.78, 5) is 13.5. The van der Waals surface area contributed by atoms with Crippen molar-refractivity contribution in [1.82, 2.24) is 19.9 Å². The van der Waals surface area contributed by atoms with Crippen molar-refractivity contribution in [1.29, 1.82) is 0 Å². The van der Waals surface area contributed by atoms with Crippen molar-refractivity contribution >= 4 is 17.0 Å². The van der Waals surface area contributed by atoms with Gasteiger partial charge in [0.15, 0.2) is 11.5 Å². The first-order valence-electron chi connectivity index (χ1n) is 5.82. The molecule has 1 saturated heterocycles. The molecule has 10 heteroatoms. The van der Waals surface area contributed by atoms with Gasteiger partial charge in [-0.15, -0.1) is 0 Å². The number of aromatic amines is 1. The fourth-order valence-corrected chi connectivity index (χ4v) is 2.17. The third kappa shape index (κ3) is 1.89. The molecule has 1 fully saturated rings. The molecule has 108 valence electrons. The van der Waals surface area contributed by atoms with Gasteiger partial charge in [-0.3, -0.25) is 0 Å². The van der Waals surface area contributed by atoms with E-state index in [1.54, 1.807) is 0 Å². The van der Waals surface area contributed by atoms with Gasteiger partial charge in [-0.2, -0.15) is 14.4 Å². The number of rotatable bonds is 2. The van der Waals surface area contributed by atoms with Gasteiger partial charge >= 0.3 is 6.08 Å². The van der Waals surface area contributed by atoms with E-state index < -0.39 is 37.1 Å². The Morgan fingerprint density at radius 2 is 2.00 bits per heavy atom. The average molecular weight is 285 g/mol. The van der Waals surface area contributed by atoms with Crippen molar-refractivity contribution in [2.45, 2.75) is 24.4 Å². The number of nitrogens with zero attached hydrogens (tertiary/aromatic N) is 3. The lowest BCUT2D eigenvalue weighted by Crippen LogP contribution is -2.32. The van der Waals surface area contributed by atoms with Gasteiger partial charge < -0.3 is 30.8 Å². The topological polar surface area (TPSA) is 150 Å². The van der Waals surface area contributed by atoms with Crippen LogP contribution in [0.5, 0.6) is 0 Å². The molecule has 9 nitrogen and oxygen atoms in total. The van der Waals surface area contributed by atoms with Crippen LogP contribution in [0.4, 0.5) is 10.2 Å². The third-order valence-electron chi connectivity index (χ3n) is 3.18. The van der Waals surface area contributed by atoms with E-state index in [2.05, 4.69) is 19.9 Å². The highest BCUT2D eigenvalue weighted by atomic mass is 19.1. The predicted molar refractivity (Wildman–Crippen MR) is 62.8 cm³/mol. The highest BCUT2D eigenvalue weighted by molar-refractivity contribution is 5.81. The van der Waals surface area contributed by atoms with Gasteiger partial charge in [-0.05, 0) is 0 Å². The van der Waals surface area contributed by atoms with Crippen LogP contribution >= 0.6 is 0 Å². The van der Waals surface area contributed by atoms with Crippen LogP contribution in [0, 0.1) is 6.08 Å². The zero-order valence-electron chi connectivity index (χ0n) is 10.1. The molecule has 0 saturated carbocycles. The first-order valence-corrected chi connectivity index (χ1v) is 5.82. The van der Waals surface area contributed by atoms with E-state index in [9.17, 15) is 14.6 Å². The largest absolute Gasteiger partial charge is 0.394 e. The molecule has 0 bridgehead atoms. The van der Waals surface area contributed by atoms with Crippen LogP contribution < -0.4 is 5.73 Å². The minimum absolute atomic E-state index is 0.0114. The van der Waals surface area contributed by atoms with Crippen LogP contribution in [0.3, 0.4) is 0 Å². The van der Waals surface area contributed by atoms with Crippen LogP contribution in [0.2, 0.25) is 0 Å². The SMILES string of the molecule is Nc1nc(F)nc2nc([C@@H]3O[C@H](CO)[C@@H](O)[C@@H]3O)[nH]c12. The van der Waals surface area contributed by atoms with Crippen LogP contribution in [-0.2, 0) is 4.74 Å². The lowest BCUT2D eigenvalue weighted by Gasteiger charge is -2.11. The number of imidazole rings is 1. The van der Waals surface area contributed by atoms with Gasteiger partial charge in [0.05, 0.1) is 6.61 Å². The smallest absolute Gasteiger partial charge is 0.312 e. The maximum atomic E-state index is 13.0. The first-order chi connectivity index (χ1) is 9.51. The second kappa shape index (κ2) is 4.59. The number of nitrogens with one attached hydrogen (secondary N) is 1. The fourth-order valence-electron chi connectivity index (χ4n) is 2.17. The van der Waals surface area contributed by atoms with Crippen LogP contribution in [0.15, 0.2) is 0 Å². The Balaban J connectivity index is 2.01. The lowest BCUT2D eigenvalue weighted by atomic mass is 10.1. The van der Waals surface area contributed by atoms with E-state index in [-0.39, 0.29) is 22.8 Å². The molecule has 2 aromatic heterocycles. The number of hydrogen-bond acceptors (Lipinski definition) is 8. The Kier molecular flexibility index (Phi) is 3.01. The second-order valence-electron chi connectivity index (χ2n) is 4.46. The molecule has 6 N–H and O–H groups in total. The number of aromatic nitrogens is 4. The monoisotopic (exact) mass is 285 g/mol. The summed E-state index contributed by atoms with van der Waals surface area (Å²) in [5, 5.41) is 28.6. The van der Waals surface area contributed by atoms with Crippen molar-refractivity contribution in [2.24, 2.45) is 0 Å². The molecule has 0 unspecified atom stereocenters. The number of nitrogen functional groups attached to an aromatic ring is 1. The highest BCUT2D eigenvalue weighted by Crippen LogP contribution is 2.33. The number of nitrogens with two attached hydrogens (primary N) is 1. The summed E-state index contributed by atoms with van der Waals surface area (Å²) < 4.78 is 18.3. The number of aliphatic hydroxyl groups is 3. The maximum Gasteiger partial charge on any atom is 0.312 e. The van der Waals surface area contributed by atoms with Gasteiger partial charge in [-0.25, -0.2) is 4.98 Å². The Labute approximate surface area is 111 Å². The highest BCUT2D eigenvalue weighted by Gasteiger charge is 2.44. The van der Waals surface area contributed by atoms with Gasteiger partial charge in [-0.1, -0.05) is 0 Å². The summed E-state index contributed by atoms with van der Waals surface area (Å²) in [7, 11) is 0. The molecule has 0 aromatic carbocycles. The Bertz CT molecular complexity index is 650. The average Bonchev–Trinajstić information content (AvgIpc) is 2.93. The van der Waals surface area contributed by atoms with Crippen LogP contribution in [0.25, 0.3) is 11.2 Å². The summed E-state index contributed by atoms with van der Waals surface area (Å²) in [5.74, 6) is -0.00732. The minimum atomic E-state index is -1.29. The number of aliphatic hydroxyl groups excluding tert-OH is 3. The molecule has 4 atom stereocenters. The molecule has 1 aliphatic rings. The second-order valence-corrected chi connectivity index (χ2v) is 4.46. The Morgan fingerprint density at radius 3 is 2.65 bits per heavy atom. The first kappa shape index (κ1) is 13.1. The van der Waals surface area contributed by atoms with E-state index in [4.69, 9.17) is 15.6 Å². The molecule has 0 amide bonds. The predicted octanol–water partition coefficient (Wildman–Crippen LogP) is -1.77. The van der Waals surface area contributed by atoms with E-state index in [1.165, 1.54) is 0 Å². The third-order valence-corrected chi connectivity index (χ3v) is 3.18. The summed E-state index contributed by atoms with van der Waals surface area (Å²) in [6.07, 6.45) is -5.48. The molecule has 0 aliphatic carbocycles. The standard InChI is InChI=1S/C10H12FN5O4/c11-10-14-7(12)3-8(16-10)15-9(13-3)6-5(19)4(18)2(1-17)20-6/h2,4-6,17-19H,1H2,(H3,12,13,14,15,16)/t2-,4-,5+,6-/m1/s1. The number of H-pyrrole nitrogens is 1. The molecular formula is C10H12FN5O4. The van der Waals surface area contributed by atoms with Gasteiger partial charge in [0.25, 0.3) is 0 Å². The fraction of sp³-hybridized carbons (Fsp3) is 0.500. The van der Waals surface area contributed by atoms with E-state index >= 15 is 0 Å². The van der Waals surface area contributed by atoms with Crippen molar-refractivity contribution in [3.05, 3.63) is 11.9 Å². The number of anilines is 1. The van der Waals surface area contributed by atoms with Crippen molar-refractivity contribution < 1.29 is 24.4 Å². The number of ether oxygens (including phenoxy) is 1. The zero-order valence-corrected chi connectivity index (χ0v) is 10.1. The van der Waals surface area contributed by atoms with Crippen molar-refractivity contribution in [3.8, 4) is 0 Å². The summed E-state index contributed by atoms with van der Waals surface area (Å²) in [6, 6.07) is 0. The van der Waals surface area contributed by atoms with Gasteiger partial charge in [0.1, 0.15) is 35.8 Å². The molecule has 3 heterocycles. The molecular weight excluding hydrogens is 273 g/mol. The van der Waals surface area contributed by atoms with Crippen molar-refractivity contribution in [3.63, 3.8) is 0 Å². The molecule has 20 heavy (non-hydrogen) atoms. The van der Waals surface area contributed by atoms with Crippen LogP contribution in [0.1, 0.15) is 11.9 Å². The normalized spacial score (nSPS) is 30.2. The number of halogens is 1. The van der Waals surface area contributed by atoms with Crippen LogP contribution in [-0.4, -0.2) is 60.2 Å².